The van der Waals surface area contributed by atoms with Gasteiger partial charge in [0.1, 0.15) is 28.9 Å². The molecular formula is C21H16Cl2F4N4O4. The number of benzene rings is 2. The van der Waals surface area contributed by atoms with Gasteiger partial charge in [-0.1, -0.05) is 23.2 Å². The molecule has 8 nitrogen and oxygen atoms in total. The minimum Gasteiger partial charge on any atom is -0.457 e. The number of hydrogen-bond acceptors (Lipinski definition) is 5. The van der Waals surface area contributed by atoms with Crippen LogP contribution < -0.4 is 10.1 Å². The van der Waals surface area contributed by atoms with Gasteiger partial charge in [-0.15, -0.1) is 0 Å². The van der Waals surface area contributed by atoms with Crippen molar-refractivity contribution in [1.29, 1.82) is 0 Å². The highest BCUT2D eigenvalue weighted by Crippen LogP contribution is 2.37. The molecule has 0 saturated carbocycles. The molecule has 1 aromatic heterocycles. The van der Waals surface area contributed by atoms with E-state index in [1.165, 1.54) is 12.1 Å². The lowest BCUT2D eigenvalue weighted by Crippen LogP contribution is -2.26. The molecule has 0 fully saturated rings. The van der Waals surface area contributed by atoms with Crippen LogP contribution in [0, 0.1) is 17.0 Å². The predicted molar refractivity (Wildman–Crippen MR) is 120 cm³/mol. The Kier molecular flexibility index (Phi) is 7.86. The van der Waals surface area contributed by atoms with E-state index in [0.29, 0.717) is 21.0 Å². The van der Waals surface area contributed by atoms with Crippen molar-refractivity contribution in [2.75, 3.05) is 5.32 Å². The van der Waals surface area contributed by atoms with E-state index in [-0.39, 0.29) is 11.4 Å². The molecule has 35 heavy (non-hydrogen) atoms. The summed E-state index contributed by atoms with van der Waals surface area (Å²) in [6.45, 7) is 2.86. The van der Waals surface area contributed by atoms with Crippen molar-refractivity contribution in [3.63, 3.8) is 0 Å². The van der Waals surface area contributed by atoms with Crippen LogP contribution in [0.15, 0.2) is 36.4 Å². The summed E-state index contributed by atoms with van der Waals surface area (Å²) in [7, 11) is 0. The van der Waals surface area contributed by atoms with Crippen LogP contribution in [-0.2, 0) is 4.79 Å². The van der Waals surface area contributed by atoms with Gasteiger partial charge in [0, 0.05) is 17.2 Å². The molecule has 0 aliphatic heterocycles. The van der Waals surface area contributed by atoms with Gasteiger partial charge in [-0.2, -0.15) is 5.10 Å². The largest absolute Gasteiger partial charge is 0.457 e. The molecule has 1 atom stereocenters. The third-order valence-electron chi connectivity index (χ3n) is 4.81. The van der Waals surface area contributed by atoms with Crippen molar-refractivity contribution in [2.24, 2.45) is 0 Å². The third kappa shape index (κ3) is 5.82. The molecule has 0 spiro atoms. The standard InChI is InChI=1S/C21H16Cl2F4N4O4/c1-9-5-13(3-4-15(9)22)35-14-7-11(6-12(8-14)31(33)34)28-21(32)10(2)30-18(20(26)27)16(23)17(29-30)19(24)25/h3-8,10,19-20H,1-2H3,(H,28,32). The summed E-state index contributed by atoms with van der Waals surface area (Å²) in [4.78, 5) is 23.4. The van der Waals surface area contributed by atoms with Crippen LogP contribution in [0.25, 0.3) is 0 Å². The zero-order valence-electron chi connectivity index (χ0n) is 17.9. The smallest absolute Gasteiger partial charge is 0.283 e. The fourth-order valence-electron chi connectivity index (χ4n) is 3.07. The van der Waals surface area contributed by atoms with Crippen molar-refractivity contribution in [3.8, 4) is 11.5 Å². The first-order chi connectivity index (χ1) is 16.4. The Hall–Kier alpha value is -3.38. The number of halogens is 6. The molecule has 14 heteroatoms. The molecule has 2 aromatic carbocycles. The zero-order chi connectivity index (χ0) is 26.0. The van der Waals surface area contributed by atoms with Gasteiger partial charge in [0.15, 0.2) is 0 Å². The van der Waals surface area contributed by atoms with Crippen LogP contribution in [0.1, 0.15) is 42.8 Å². The average Bonchev–Trinajstić information content (AvgIpc) is 3.13. The summed E-state index contributed by atoms with van der Waals surface area (Å²) in [6.07, 6.45) is -6.54. The Morgan fingerprint density at radius 3 is 2.37 bits per heavy atom. The molecule has 0 aliphatic rings. The molecular weight excluding hydrogens is 519 g/mol. The quantitative estimate of drug-likeness (QED) is 0.186. The fourth-order valence-corrected chi connectivity index (χ4v) is 3.48. The Labute approximate surface area is 205 Å². The normalized spacial score (nSPS) is 12.2. The van der Waals surface area contributed by atoms with Gasteiger partial charge in [-0.05, 0) is 37.6 Å². The molecule has 0 radical (unpaired) electrons. The van der Waals surface area contributed by atoms with Gasteiger partial charge >= 0.3 is 0 Å². The number of carbonyl (C=O) groups is 1. The molecule has 1 N–H and O–H groups in total. The Bertz CT molecular complexity index is 1290. The molecule has 1 amide bonds. The monoisotopic (exact) mass is 534 g/mol. The minimum atomic E-state index is -3.29. The number of non-ortho nitro benzene ring substituents is 1. The number of nitrogens with one attached hydrogen (secondary N) is 1. The molecule has 3 aromatic rings. The Morgan fingerprint density at radius 1 is 1.11 bits per heavy atom. The number of carbonyl (C=O) groups excluding carboxylic acids is 1. The number of aromatic nitrogens is 2. The van der Waals surface area contributed by atoms with E-state index in [1.54, 1.807) is 19.1 Å². The number of hydrogen-bond donors (Lipinski definition) is 1. The van der Waals surface area contributed by atoms with E-state index in [2.05, 4.69) is 10.4 Å². The van der Waals surface area contributed by atoms with Gasteiger partial charge in [-0.25, -0.2) is 22.2 Å². The predicted octanol–water partition coefficient (Wildman–Crippen LogP) is 7.27. The van der Waals surface area contributed by atoms with Crippen LogP contribution in [0.4, 0.5) is 28.9 Å². The third-order valence-corrected chi connectivity index (χ3v) is 5.62. The first-order valence-electron chi connectivity index (χ1n) is 9.77. The summed E-state index contributed by atoms with van der Waals surface area (Å²) in [5.74, 6) is -0.676. The van der Waals surface area contributed by atoms with Crippen molar-refractivity contribution in [3.05, 3.63) is 73.5 Å². The zero-order valence-corrected chi connectivity index (χ0v) is 19.5. The van der Waals surface area contributed by atoms with E-state index in [0.717, 1.165) is 19.1 Å². The number of ether oxygens (including phenoxy) is 1. The van der Waals surface area contributed by atoms with Gasteiger partial charge < -0.3 is 10.1 Å². The highest BCUT2D eigenvalue weighted by molar-refractivity contribution is 6.32. The van der Waals surface area contributed by atoms with Crippen molar-refractivity contribution >= 4 is 40.5 Å². The van der Waals surface area contributed by atoms with Gasteiger partial charge in [-0.3, -0.25) is 14.9 Å². The molecule has 186 valence electrons. The van der Waals surface area contributed by atoms with Crippen LogP contribution >= 0.6 is 23.2 Å². The van der Waals surface area contributed by atoms with Crippen molar-refractivity contribution in [2.45, 2.75) is 32.7 Å². The topological polar surface area (TPSA) is 99.3 Å². The number of aryl methyl sites for hydroxylation is 1. The molecule has 1 unspecified atom stereocenters. The summed E-state index contributed by atoms with van der Waals surface area (Å²) in [5, 5.41) is 16.6. The van der Waals surface area contributed by atoms with Crippen LogP contribution in [0.5, 0.6) is 11.5 Å². The number of anilines is 1. The number of rotatable bonds is 8. The number of amides is 1. The van der Waals surface area contributed by atoms with Gasteiger partial charge in [0.25, 0.3) is 18.5 Å². The second-order valence-electron chi connectivity index (χ2n) is 7.28. The number of nitro benzene ring substituents is 1. The fraction of sp³-hybridized carbons (Fsp3) is 0.238. The number of nitrogens with zero attached hydrogens (tertiary/aromatic N) is 3. The van der Waals surface area contributed by atoms with Crippen molar-refractivity contribution < 1.29 is 32.0 Å². The minimum absolute atomic E-state index is 0.0146. The molecule has 0 bridgehead atoms. The van der Waals surface area contributed by atoms with E-state index in [9.17, 15) is 32.5 Å². The lowest BCUT2D eigenvalue weighted by Gasteiger charge is -2.16. The van der Waals surface area contributed by atoms with Gasteiger partial charge in [0.2, 0.25) is 5.91 Å². The Morgan fingerprint density at radius 2 is 1.80 bits per heavy atom. The first kappa shape index (κ1) is 26.2. The second kappa shape index (κ2) is 10.5. The first-order valence-corrected chi connectivity index (χ1v) is 10.5. The molecule has 0 saturated heterocycles. The molecule has 3 rings (SSSR count). The van der Waals surface area contributed by atoms with Crippen LogP contribution in [0.3, 0.4) is 0 Å². The second-order valence-corrected chi connectivity index (χ2v) is 8.07. The Balaban J connectivity index is 1.92. The summed E-state index contributed by atoms with van der Waals surface area (Å²) >= 11 is 11.6. The highest BCUT2D eigenvalue weighted by Gasteiger charge is 2.32. The van der Waals surface area contributed by atoms with Crippen LogP contribution in [0.2, 0.25) is 10.0 Å². The number of alkyl halides is 4. The lowest BCUT2D eigenvalue weighted by molar-refractivity contribution is -0.384. The van der Waals surface area contributed by atoms with Gasteiger partial charge in [0.05, 0.1) is 21.7 Å². The highest BCUT2D eigenvalue weighted by atomic mass is 35.5. The maximum Gasteiger partial charge on any atom is 0.283 e. The number of nitro groups is 1. The molecule has 0 aliphatic carbocycles. The SMILES string of the molecule is Cc1cc(Oc2cc(NC(=O)C(C)n3nc(C(F)F)c(Cl)c3C(F)F)cc([N+](=O)[O-])c2)ccc1Cl. The van der Waals surface area contributed by atoms with E-state index in [1.807, 2.05) is 0 Å². The van der Waals surface area contributed by atoms with E-state index in [4.69, 9.17) is 27.9 Å². The van der Waals surface area contributed by atoms with E-state index >= 15 is 0 Å². The van der Waals surface area contributed by atoms with Crippen molar-refractivity contribution in [1.82, 2.24) is 9.78 Å². The maximum absolute atomic E-state index is 13.4. The average molecular weight is 535 g/mol. The molecule has 1 heterocycles. The van der Waals surface area contributed by atoms with Crippen LogP contribution in [-0.4, -0.2) is 20.6 Å². The van der Waals surface area contributed by atoms with E-state index < -0.39 is 51.8 Å². The maximum atomic E-state index is 13.4. The summed E-state index contributed by atoms with van der Waals surface area (Å²) in [5.41, 5.74) is -2.00. The lowest BCUT2D eigenvalue weighted by atomic mass is 10.2. The summed E-state index contributed by atoms with van der Waals surface area (Å²) in [6, 6.07) is 6.55. The summed E-state index contributed by atoms with van der Waals surface area (Å²) < 4.78 is 59.1.